The van der Waals surface area contributed by atoms with Gasteiger partial charge in [0.15, 0.2) is 5.96 Å². The smallest absolute Gasteiger partial charge is 0.356 e. The van der Waals surface area contributed by atoms with Crippen molar-refractivity contribution >= 4 is 21.9 Å². The Morgan fingerprint density at radius 2 is 1.82 bits per heavy atom. The molecule has 2 rings (SSSR count). The van der Waals surface area contributed by atoms with Crippen molar-refractivity contribution in [1.82, 2.24) is 19.8 Å². The van der Waals surface area contributed by atoms with Crippen molar-refractivity contribution in [2.45, 2.75) is 44.2 Å². The van der Waals surface area contributed by atoms with E-state index < -0.39 is 15.5 Å². The summed E-state index contributed by atoms with van der Waals surface area (Å²) >= 11 is 0. The highest BCUT2D eigenvalue weighted by atomic mass is 32.2. The minimum absolute atomic E-state index is 0.0555. The largest absolute Gasteiger partial charge is 0.511 e. The van der Waals surface area contributed by atoms with Gasteiger partial charge in [0.2, 0.25) is 5.91 Å². The Morgan fingerprint density at radius 1 is 1.18 bits per heavy atom. The van der Waals surface area contributed by atoms with Gasteiger partial charge >= 0.3 is 15.5 Å². The topological polar surface area (TPSA) is 94.1 Å². The van der Waals surface area contributed by atoms with Gasteiger partial charge in [-0.05, 0) is 25.2 Å². The number of piperidine rings is 1. The SMILES string of the molecule is CCC(=O)N1CCC(NC(=NC)NCC2CCN(S(=O)(=O)C(F)(F)F)CC2)C1. The molecule has 12 heteroatoms. The Labute approximate surface area is 163 Å². The molecule has 0 aromatic carbocycles. The molecule has 2 aliphatic rings. The third-order valence-electron chi connectivity index (χ3n) is 5.17. The normalized spacial score (nSPS) is 23.1. The van der Waals surface area contributed by atoms with Crippen LogP contribution in [0.2, 0.25) is 0 Å². The summed E-state index contributed by atoms with van der Waals surface area (Å²) in [5, 5.41) is 6.41. The molecule has 1 amide bonds. The molecular formula is C16H28F3N5O3S. The first-order valence-corrected chi connectivity index (χ1v) is 10.8. The van der Waals surface area contributed by atoms with E-state index in [0.717, 1.165) is 6.42 Å². The van der Waals surface area contributed by atoms with E-state index in [1.165, 1.54) is 0 Å². The van der Waals surface area contributed by atoms with Crippen molar-refractivity contribution in [3.05, 3.63) is 0 Å². The van der Waals surface area contributed by atoms with Crippen LogP contribution in [0.15, 0.2) is 4.99 Å². The highest BCUT2D eigenvalue weighted by Crippen LogP contribution is 2.30. The van der Waals surface area contributed by atoms with Gasteiger partial charge in [0.25, 0.3) is 0 Å². The standard InChI is InChI=1S/C16H28F3N5O3S/c1-3-14(25)23-7-6-13(11-23)22-15(20-2)21-10-12-4-8-24(9-5-12)28(26,27)16(17,18)19/h12-13H,3-11H2,1-2H3,(H2,20,21,22). The number of likely N-dealkylation sites (tertiary alicyclic amines) is 1. The van der Waals surface area contributed by atoms with Crippen LogP contribution in [0.3, 0.4) is 0 Å². The quantitative estimate of drug-likeness (QED) is 0.498. The van der Waals surface area contributed by atoms with Gasteiger partial charge in [-0.25, -0.2) is 8.42 Å². The van der Waals surface area contributed by atoms with Gasteiger partial charge in [-0.2, -0.15) is 17.5 Å². The molecule has 28 heavy (non-hydrogen) atoms. The maximum atomic E-state index is 12.6. The van der Waals surface area contributed by atoms with Crippen LogP contribution in [-0.4, -0.2) is 80.8 Å². The van der Waals surface area contributed by atoms with Crippen LogP contribution in [0.25, 0.3) is 0 Å². The van der Waals surface area contributed by atoms with Crippen LogP contribution in [-0.2, 0) is 14.8 Å². The molecule has 2 aliphatic heterocycles. The van der Waals surface area contributed by atoms with E-state index in [2.05, 4.69) is 15.6 Å². The van der Waals surface area contributed by atoms with E-state index >= 15 is 0 Å². The molecule has 0 aliphatic carbocycles. The lowest BCUT2D eigenvalue weighted by Crippen LogP contribution is -2.49. The van der Waals surface area contributed by atoms with Crippen molar-refractivity contribution in [3.8, 4) is 0 Å². The summed E-state index contributed by atoms with van der Waals surface area (Å²) in [5.74, 6) is 0.744. The number of rotatable bonds is 5. The highest BCUT2D eigenvalue weighted by Gasteiger charge is 2.50. The van der Waals surface area contributed by atoms with Crippen LogP contribution in [0, 0.1) is 5.92 Å². The summed E-state index contributed by atoms with van der Waals surface area (Å²) in [7, 11) is -3.62. The number of nitrogens with zero attached hydrogens (tertiary/aromatic N) is 3. The lowest BCUT2D eigenvalue weighted by atomic mass is 9.98. The predicted octanol–water partition coefficient (Wildman–Crippen LogP) is 0.724. The molecule has 2 N–H and O–H groups in total. The van der Waals surface area contributed by atoms with Crippen molar-refractivity contribution in [1.29, 1.82) is 0 Å². The average molecular weight is 427 g/mol. The van der Waals surface area contributed by atoms with Crippen LogP contribution in [0.5, 0.6) is 0 Å². The number of carbonyl (C=O) groups is 1. The molecule has 0 aromatic heterocycles. The minimum atomic E-state index is -5.25. The van der Waals surface area contributed by atoms with Gasteiger partial charge in [-0.3, -0.25) is 9.79 Å². The first-order chi connectivity index (χ1) is 13.1. The molecule has 8 nitrogen and oxygen atoms in total. The van der Waals surface area contributed by atoms with E-state index in [9.17, 15) is 26.4 Å². The van der Waals surface area contributed by atoms with Crippen molar-refractivity contribution in [2.24, 2.45) is 10.9 Å². The van der Waals surface area contributed by atoms with Crippen molar-refractivity contribution < 1.29 is 26.4 Å². The number of hydrogen-bond acceptors (Lipinski definition) is 4. The second-order valence-electron chi connectivity index (χ2n) is 7.07. The Hall–Kier alpha value is -1.56. The monoisotopic (exact) mass is 427 g/mol. The van der Waals surface area contributed by atoms with Crippen molar-refractivity contribution in [2.75, 3.05) is 39.8 Å². The van der Waals surface area contributed by atoms with Crippen LogP contribution < -0.4 is 10.6 Å². The van der Waals surface area contributed by atoms with Gasteiger partial charge in [0.1, 0.15) is 0 Å². The lowest BCUT2D eigenvalue weighted by molar-refractivity contribution is -0.129. The summed E-state index contributed by atoms with van der Waals surface area (Å²) < 4.78 is 61.3. The molecule has 0 saturated carbocycles. The zero-order valence-corrected chi connectivity index (χ0v) is 16.9. The highest BCUT2D eigenvalue weighted by molar-refractivity contribution is 7.90. The first kappa shape index (κ1) is 22.7. The number of aliphatic imine (C=N–C) groups is 1. The number of hydrogen-bond donors (Lipinski definition) is 2. The molecule has 0 aromatic rings. The molecule has 0 spiro atoms. The summed E-state index contributed by atoms with van der Waals surface area (Å²) in [6.45, 7) is 3.35. The third kappa shape index (κ3) is 5.49. The fraction of sp³-hybridized carbons (Fsp3) is 0.875. The number of carbonyl (C=O) groups excluding carboxylic acids is 1. The van der Waals surface area contributed by atoms with Crippen LogP contribution >= 0.6 is 0 Å². The van der Waals surface area contributed by atoms with Gasteiger partial charge < -0.3 is 15.5 Å². The number of guanidine groups is 1. The molecular weight excluding hydrogens is 399 g/mol. The molecule has 0 radical (unpaired) electrons. The van der Waals surface area contributed by atoms with E-state index in [1.54, 1.807) is 7.05 Å². The van der Waals surface area contributed by atoms with Gasteiger partial charge in [0, 0.05) is 52.2 Å². The molecule has 1 unspecified atom stereocenters. The van der Waals surface area contributed by atoms with Crippen LogP contribution in [0.1, 0.15) is 32.6 Å². The number of sulfonamides is 1. The molecule has 2 fully saturated rings. The second-order valence-corrected chi connectivity index (χ2v) is 9.00. The molecule has 2 saturated heterocycles. The fourth-order valence-electron chi connectivity index (χ4n) is 3.46. The third-order valence-corrected chi connectivity index (χ3v) is 6.80. The summed E-state index contributed by atoms with van der Waals surface area (Å²) in [4.78, 5) is 17.7. The first-order valence-electron chi connectivity index (χ1n) is 9.39. The lowest BCUT2D eigenvalue weighted by Gasteiger charge is -2.32. The zero-order valence-electron chi connectivity index (χ0n) is 16.1. The minimum Gasteiger partial charge on any atom is -0.356 e. The van der Waals surface area contributed by atoms with E-state index in [0.29, 0.717) is 49.2 Å². The Morgan fingerprint density at radius 3 is 2.36 bits per heavy atom. The zero-order chi connectivity index (χ0) is 20.9. The summed E-state index contributed by atoms with van der Waals surface area (Å²) in [6.07, 6.45) is 1.99. The Balaban J connectivity index is 1.76. The maximum absolute atomic E-state index is 12.6. The molecule has 162 valence electrons. The Kier molecular flexibility index (Phi) is 7.54. The number of nitrogens with one attached hydrogen (secondary N) is 2. The molecule has 1 atom stereocenters. The predicted molar refractivity (Wildman–Crippen MR) is 99.0 cm³/mol. The number of halogens is 3. The second kappa shape index (κ2) is 9.29. The van der Waals surface area contributed by atoms with E-state index in [1.807, 2.05) is 11.8 Å². The molecule has 2 heterocycles. The summed E-state index contributed by atoms with van der Waals surface area (Å²) in [5.41, 5.74) is -5.25. The summed E-state index contributed by atoms with van der Waals surface area (Å²) in [6, 6.07) is 0.0977. The van der Waals surface area contributed by atoms with E-state index in [4.69, 9.17) is 0 Å². The van der Waals surface area contributed by atoms with Gasteiger partial charge in [-0.15, -0.1) is 0 Å². The van der Waals surface area contributed by atoms with Gasteiger partial charge in [0.05, 0.1) is 0 Å². The van der Waals surface area contributed by atoms with Gasteiger partial charge in [-0.1, -0.05) is 6.92 Å². The number of alkyl halides is 3. The molecule has 0 bridgehead atoms. The van der Waals surface area contributed by atoms with E-state index in [-0.39, 0.29) is 31.0 Å². The average Bonchev–Trinajstić information content (AvgIpc) is 3.12. The van der Waals surface area contributed by atoms with Crippen molar-refractivity contribution in [3.63, 3.8) is 0 Å². The Bertz CT molecular complexity index is 676. The number of amides is 1. The van der Waals surface area contributed by atoms with Crippen LogP contribution in [0.4, 0.5) is 13.2 Å². The maximum Gasteiger partial charge on any atom is 0.511 e. The fourth-order valence-corrected chi connectivity index (χ4v) is 4.44.